The average Bonchev–Trinajstić information content (AvgIpc) is 2.34. The van der Waals surface area contributed by atoms with Gasteiger partial charge in [0, 0.05) is 28.8 Å². The van der Waals surface area contributed by atoms with Crippen LogP contribution in [-0.4, -0.2) is 14.9 Å². The molecular weight excluding hydrogens is 252 g/mol. The first-order valence-electron chi connectivity index (χ1n) is 5.07. The van der Waals surface area contributed by atoms with Crippen molar-refractivity contribution in [3.63, 3.8) is 0 Å². The van der Waals surface area contributed by atoms with Crippen LogP contribution >= 0.6 is 11.8 Å². The lowest BCUT2D eigenvalue weighted by atomic mass is 10.3. The van der Waals surface area contributed by atoms with E-state index in [9.17, 15) is 10.1 Å². The second-order valence-corrected chi connectivity index (χ2v) is 4.63. The summed E-state index contributed by atoms with van der Waals surface area (Å²) in [7, 11) is 0. The van der Waals surface area contributed by atoms with Crippen LogP contribution in [0.25, 0.3) is 0 Å². The molecule has 0 spiro atoms. The van der Waals surface area contributed by atoms with Gasteiger partial charge in [0.15, 0.2) is 0 Å². The Labute approximate surface area is 107 Å². The van der Waals surface area contributed by atoms with Crippen LogP contribution in [0.1, 0.15) is 5.56 Å². The van der Waals surface area contributed by atoms with Crippen LogP contribution in [0.5, 0.6) is 0 Å². The van der Waals surface area contributed by atoms with Crippen molar-refractivity contribution in [1.82, 2.24) is 9.97 Å². The van der Waals surface area contributed by atoms with Crippen LogP contribution in [-0.2, 0) is 0 Å². The number of nitro groups is 1. The first-order valence-corrected chi connectivity index (χ1v) is 5.89. The summed E-state index contributed by atoms with van der Waals surface area (Å²) in [6.45, 7) is 1.88. The van der Waals surface area contributed by atoms with Crippen molar-refractivity contribution in [2.24, 2.45) is 0 Å². The summed E-state index contributed by atoms with van der Waals surface area (Å²) in [5.41, 5.74) is 6.50. The van der Waals surface area contributed by atoms with E-state index in [0.29, 0.717) is 0 Å². The lowest BCUT2D eigenvalue weighted by Crippen LogP contribution is -1.97. The third-order valence-corrected chi connectivity index (χ3v) is 3.32. The summed E-state index contributed by atoms with van der Waals surface area (Å²) in [4.78, 5) is 19.0. The number of aromatic nitrogens is 2. The minimum Gasteiger partial charge on any atom is -0.368 e. The summed E-state index contributed by atoms with van der Waals surface area (Å²) in [5, 5.41) is 11.3. The topological polar surface area (TPSA) is 94.9 Å². The van der Waals surface area contributed by atoms with E-state index in [1.807, 2.05) is 6.92 Å². The molecule has 0 bridgehead atoms. The van der Waals surface area contributed by atoms with Crippen molar-refractivity contribution >= 4 is 23.4 Å². The number of rotatable bonds is 3. The number of aryl methyl sites for hydroxylation is 1. The molecular formula is C11H10N4O2S. The fraction of sp³-hybridized carbons (Fsp3) is 0.0909. The molecule has 1 aromatic heterocycles. The molecule has 92 valence electrons. The zero-order valence-electron chi connectivity index (χ0n) is 9.53. The second kappa shape index (κ2) is 5.01. The third-order valence-electron chi connectivity index (χ3n) is 2.21. The maximum absolute atomic E-state index is 10.5. The molecule has 0 saturated heterocycles. The van der Waals surface area contributed by atoms with Crippen LogP contribution in [0.4, 0.5) is 11.6 Å². The van der Waals surface area contributed by atoms with E-state index in [-0.39, 0.29) is 11.6 Å². The minimum atomic E-state index is -0.428. The molecule has 2 aromatic rings. The van der Waals surface area contributed by atoms with Gasteiger partial charge in [-0.05, 0) is 19.1 Å². The van der Waals surface area contributed by atoms with E-state index in [4.69, 9.17) is 5.73 Å². The Morgan fingerprint density at radius 3 is 2.61 bits per heavy atom. The number of non-ortho nitro benzene ring substituents is 1. The van der Waals surface area contributed by atoms with Gasteiger partial charge in [0.1, 0.15) is 5.03 Å². The van der Waals surface area contributed by atoms with Gasteiger partial charge in [-0.3, -0.25) is 10.1 Å². The van der Waals surface area contributed by atoms with E-state index >= 15 is 0 Å². The number of hydrogen-bond donors (Lipinski definition) is 1. The number of hydrogen-bond acceptors (Lipinski definition) is 6. The molecule has 0 aliphatic carbocycles. The predicted molar refractivity (Wildman–Crippen MR) is 68.4 cm³/mol. The van der Waals surface area contributed by atoms with Crippen molar-refractivity contribution in [3.8, 4) is 0 Å². The largest absolute Gasteiger partial charge is 0.368 e. The Morgan fingerprint density at radius 1 is 1.33 bits per heavy atom. The first-order chi connectivity index (χ1) is 8.56. The van der Waals surface area contributed by atoms with Crippen molar-refractivity contribution in [1.29, 1.82) is 0 Å². The Balaban J connectivity index is 2.23. The summed E-state index contributed by atoms with van der Waals surface area (Å²) >= 11 is 1.40. The van der Waals surface area contributed by atoms with Gasteiger partial charge in [-0.15, -0.1) is 0 Å². The first kappa shape index (κ1) is 12.3. The highest BCUT2D eigenvalue weighted by molar-refractivity contribution is 7.99. The van der Waals surface area contributed by atoms with Gasteiger partial charge < -0.3 is 5.73 Å². The average molecular weight is 262 g/mol. The lowest BCUT2D eigenvalue weighted by molar-refractivity contribution is -0.384. The van der Waals surface area contributed by atoms with E-state index in [2.05, 4.69) is 9.97 Å². The number of nitrogens with zero attached hydrogens (tertiary/aromatic N) is 3. The van der Waals surface area contributed by atoms with Gasteiger partial charge in [0.25, 0.3) is 5.69 Å². The zero-order chi connectivity index (χ0) is 13.1. The normalized spacial score (nSPS) is 10.3. The molecule has 2 N–H and O–H groups in total. The quantitative estimate of drug-likeness (QED) is 0.518. The molecule has 0 radical (unpaired) electrons. The molecule has 1 aromatic carbocycles. The van der Waals surface area contributed by atoms with Crippen molar-refractivity contribution < 1.29 is 4.92 Å². The molecule has 0 saturated carbocycles. The molecule has 0 amide bonds. The maximum Gasteiger partial charge on any atom is 0.269 e. The van der Waals surface area contributed by atoms with Crippen molar-refractivity contribution in [2.75, 3.05) is 5.73 Å². The minimum absolute atomic E-state index is 0.0678. The van der Waals surface area contributed by atoms with Gasteiger partial charge in [0.05, 0.1) is 4.92 Å². The fourth-order valence-corrected chi connectivity index (χ4v) is 2.14. The molecule has 0 aliphatic rings. The molecule has 0 fully saturated rings. The number of benzene rings is 1. The number of nitrogens with two attached hydrogens (primary N) is 1. The summed E-state index contributed by atoms with van der Waals surface area (Å²) in [6, 6.07) is 6.28. The van der Waals surface area contributed by atoms with Crippen LogP contribution in [0.2, 0.25) is 0 Å². The summed E-state index contributed by atoms with van der Waals surface area (Å²) in [6.07, 6.45) is 1.65. The highest BCUT2D eigenvalue weighted by Crippen LogP contribution is 2.29. The molecule has 18 heavy (non-hydrogen) atoms. The van der Waals surface area contributed by atoms with Gasteiger partial charge in [0.2, 0.25) is 5.95 Å². The molecule has 0 aliphatic heterocycles. The van der Waals surface area contributed by atoms with Crippen LogP contribution in [0.15, 0.2) is 40.4 Å². The smallest absolute Gasteiger partial charge is 0.269 e. The Morgan fingerprint density at radius 2 is 2.00 bits per heavy atom. The molecule has 6 nitrogen and oxygen atoms in total. The lowest BCUT2D eigenvalue weighted by Gasteiger charge is -2.04. The molecule has 0 unspecified atom stereocenters. The van der Waals surface area contributed by atoms with E-state index in [1.165, 1.54) is 23.9 Å². The van der Waals surface area contributed by atoms with Crippen LogP contribution in [0, 0.1) is 17.0 Å². The standard InChI is InChI=1S/C11H10N4O2S/c1-7-6-13-11(12)14-10(7)18-9-4-2-8(3-5-9)15(16)17/h2-6H,1H3,(H2,12,13,14). The number of nitro benzene ring substituents is 1. The maximum atomic E-state index is 10.5. The fourth-order valence-electron chi connectivity index (χ4n) is 1.29. The monoisotopic (exact) mass is 262 g/mol. The third kappa shape index (κ3) is 2.75. The zero-order valence-corrected chi connectivity index (χ0v) is 10.3. The number of nitrogen functional groups attached to an aromatic ring is 1. The van der Waals surface area contributed by atoms with E-state index < -0.39 is 4.92 Å². The van der Waals surface area contributed by atoms with Gasteiger partial charge >= 0.3 is 0 Å². The molecule has 7 heteroatoms. The SMILES string of the molecule is Cc1cnc(N)nc1Sc1ccc([N+](=O)[O-])cc1. The van der Waals surface area contributed by atoms with E-state index in [0.717, 1.165) is 15.5 Å². The molecule has 0 atom stereocenters. The number of anilines is 1. The van der Waals surface area contributed by atoms with Crippen molar-refractivity contribution in [2.45, 2.75) is 16.8 Å². The molecule has 2 rings (SSSR count). The van der Waals surface area contributed by atoms with Gasteiger partial charge in [-0.2, -0.15) is 0 Å². The Bertz CT molecular complexity index is 586. The predicted octanol–water partition coefficient (Wildman–Crippen LogP) is 2.43. The van der Waals surface area contributed by atoms with Crippen molar-refractivity contribution in [3.05, 3.63) is 46.1 Å². The highest BCUT2D eigenvalue weighted by atomic mass is 32.2. The highest BCUT2D eigenvalue weighted by Gasteiger charge is 2.07. The Kier molecular flexibility index (Phi) is 3.42. The van der Waals surface area contributed by atoms with Gasteiger partial charge in [-0.1, -0.05) is 11.8 Å². The van der Waals surface area contributed by atoms with Crippen LogP contribution in [0.3, 0.4) is 0 Å². The van der Waals surface area contributed by atoms with E-state index in [1.54, 1.807) is 18.3 Å². The summed E-state index contributed by atoms with van der Waals surface area (Å²) in [5.74, 6) is 0.213. The van der Waals surface area contributed by atoms with Crippen LogP contribution < -0.4 is 5.73 Å². The Hall–Kier alpha value is -2.15. The second-order valence-electron chi connectivity index (χ2n) is 3.57. The van der Waals surface area contributed by atoms with Gasteiger partial charge in [-0.25, -0.2) is 9.97 Å². The summed E-state index contributed by atoms with van der Waals surface area (Å²) < 4.78 is 0. The molecule has 1 heterocycles.